The van der Waals surface area contributed by atoms with Gasteiger partial charge in [-0.2, -0.15) is 0 Å². The summed E-state index contributed by atoms with van der Waals surface area (Å²) in [4.78, 5) is 47.6. The van der Waals surface area contributed by atoms with Crippen molar-refractivity contribution in [3.05, 3.63) is 88.1 Å². The maximum absolute atomic E-state index is 14.0. The third-order valence-corrected chi connectivity index (χ3v) is 8.59. The van der Waals surface area contributed by atoms with Crippen LogP contribution in [0.15, 0.2) is 72.1 Å². The molecule has 9 heteroatoms. The van der Waals surface area contributed by atoms with Crippen LogP contribution in [-0.4, -0.2) is 90.9 Å². The average Bonchev–Trinajstić information content (AvgIpc) is 3.62. The van der Waals surface area contributed by atoms with Gasteiger partial charge in [-0.15, -0.1) is 11.3 Å². The fraction of sp³-hybridized carbons (Fsp3) is 0.387. The van der Waals surface area contributed by atoms with E-state index in [-0.39, 0.29) is 23.8 Å². The summed E-state index contributed by atoms with van der Waals surface area (Å²) in [6.07, 6.45) is 1.96. The summed E-state index contributed by atoms with van der Waals surface area (Å²) in [6, 6.07) is 19.9. The Balaban J connectivity index is 1.44. The Bertz CT molecular complexity index is 1270. The molecule has 2 aliphatic rings. The molecule has 3 heterocycles. The van der Waals surface area contributed by atoms with E-state index in [0.717, 1.165) is 25.1 Å². The minimum absolute atomic E-state index is 0.0315. The van der Waals surface area contributed by atoms with E-state index in [9.17, 15) is 14.4 Å². The minimum atomic E-state index is -0.611. The lowest BCUT2D eigenvalue weighted by atomic mass is 10.1. The Morgan fingerprint density at radius 2 is 1.80 bits per heavy atom. The van der Waals surface area contributed by atoms with Crippen molar-refractivity contribution in [3.63, 3.8) is 0 Å². The van der Waals surface area contributed by atoms with Crippen LogP contribution in [0.1, 0.15) is 38.4 Å². The van der Waals surface area contributed by atoms with Crippen molar-refractivity contribution in [2.45, 2.75) is 31.3 Å². The fourth-order valence-electron chi connectivity index (χ4n) is 5.56. The van der Waals surface area contributed by atoms with Crippen molar-refractivity contribution in [2.75, 3.05) is 46.4 Å². The highest BCUT2D eigenvalue weighted by atomic mass is 32.1. The molecule has 40 heavy (non-hydrogen) atoms. The van der Waals surface area contributed by atoms with Gasteiger partial charge in [-0.05, 0) is 67.1 Å². The third-order valence-electron chi connectivity index (χ3n) is 7.73. The molecule has 2 aromatic carbocycles. The van der Waals surface area contributed by atoms with Crippen LogP contribution in [0.4, 0.5) is 0 Å². The standard InChI is InChI=1S/C31H36N4O4S/c1-39-26-12-10-24(11-13-26)29(36)34(18-14-23-7-3-2-4-8-23)25-21-27(30(37)33-17-6-15-32-16-19-33)35(22-25)31(38)28-9-5-20-40-28/h2-5,7-13,20,25,27,32H,6,14-19,21-22H2,1H3. The Morgan fingerprint density at radius 1 is 1.00 bits per heavy atom. The summed E-state index contributed by atoms with van der Waals surface area (Å²) in [5, 5.41) is 5.22. The molecule has 1 N–H and O–H groups in total. The first-order valence-electron chi connectivity index (χ1n) is 13.9. The molecule has 210 valence electrons. The first-order valence-corrected chi connectivity index (χ1v) is 14.8. The molecule has 2 atom stereocenters. The summed E-state index contributed by atoms with van der Waals surface area (Å²) in [5.41, 5.74) is 1.68. The first kappa shape index (κ1) is 27.9. The zero-order chi connectivity index (χ0) is 27.9. The lowest BCUT2D eigenvalue weighted by Crippen LogP contribution is -2.48. The number of ether oxygens (including phenoxy) is 1. The number of benzene rings is 2. The maximum atomic E-state index is 14.0. The first-order chi connectivity index (χ1) is 19.5. The van der Waals surface area contributed by atoms with Crippen LogP contribution in [0, 0.1) is 0 Å². The van der Waals surface area contributed by atoms with Gasteiger partial charge in [0.2, 0.25) is 5.91 Å². The number of methoxy groups -OCH3 is 1. The lowest BCUT2D eigenvalue weighted by Gasteiger charge is -2.29. The molecule has 0 spiro atoms. The number of hydrogen-bond donors (Lipinski definition) is 1. The van der Waals surface area contributed by atoms with Crippen LogP contribution < -0.4 is 10.1 Å². The Kier molecular flexibility index (Phi) is 9.13. The quantitative estimate of drug-likeness (QED) is 0.456. The van der Waals surface area contributed by atoms with Gasteiger partial charge < -0.3 is 24.8 Å². The monoisotopic (exact) mass is 560 g/mol. The smallest absolute Gasteiger partial charge is 0.264 e. The second kappa shape index (κ2) is 13.1. The van der Waals surface area contributed by atoms with Crippen LogP contribution in [0.25, 0.3) is 0 Å². The molecule has 2 unspecified atom stereocenters. The van der Waals surface area contributed by atoms with Crippen LogP contribution >= 0.6 is 11.3 Å². The van der Waals surface area contributed by atoms with E-state index in [0.29, 0.717) is 55.2 Å². The predicted molar refractivity (Wildman–Crippen MR) is 156 cm³/mol. The normalized spacial score (nSPS) is 19.2. The SMILES string of the molecule is COc1ccc(C(=O)N(CCc2ccccc2)C2CC(C(=O)N3CCCNCC3)N(C(=O)c3cccs3)C2)cc1. The highest BCUT2D eigenvalue weighted by Gasteiger charge is 2.44. The van der Waals surface area contributed by atoms with Gasteiger partial charge in [0.15, 0.2) is 0 Å². The Labute approximate surface area is 239 Å². The van der Waals surface area contributed by atoms with Crippen molar-refractivity contribution >= 4 is 29.1 Å². The number of carbonyl (C=O) groups excluding carboxylic acids is 3. The minimum Gasteiger partial charge on any atom is -0.497 e. The lowest BCUT2D eigenvalue weighted by molar-refractivity contribution is -0.135. The average molecular weight is 561 g/mol. The van der Waals surface area contributed by atoms with Crippen molar-refractivity contribution in [1.82, 2.24) is 20.0 Å². The summed E-state index contributed by atoms with van der Waals surface area (Å²) in [5.74, 6) is 0.387. The van der Waals surface area contributed by atoms with Crippen LogP contribution in [0.5, 0.6) is 5.75 Å². The number of rotatable bonds is 8. The third kappa shape index (κ3) is 6.37. The number of thiophene rings is 1. The summed E-state index contributed by atoms with van der Waals surface area (Å²) >= 11 is 1.38. The van der Waals surface area contributed by atoms with E-state index in [1.165, 1.54) is 11.3 Å². The van der Waals surface area contributed by atoms with E-state index in [2.05, 4.69) is 17.4 Å². The van der Waals surface area contributed by atoms with E-state index in [1.54, 1.807) is 42.3 Å². The highest BCUT2D eigenvalue weighted by molar-refractivity contribution is 7.12. The highest BCUT2D eigenvalue weighted by Crippen LogP contribution is 2.29. The molecular formula is C31H36N4O4S. The van der Waals surface area contributed by atoms with Gasteiger partial charge in [0.25, 0.3) is 11.8 Å². The largest absolute Gasteiger partial charge is 0.497 e. The molecule has 0 bridgehead atoms. The second-order valence-electron chi connectivity index (χ2n) is 10.2. The molecule has 1 aromatic heterocycles. The van der Waals surface area contributed by atoms with Gasteiger partial charge in [-0.1, -0.05) is 36.4 Å². The summed E-state index contributed by atoms with van der Waals surface area (Å²) in [6.45, 7) is 3.68. The number of carbonyl (C=O) groups is 3. The molecule has 2 fully saturated rings. The Morgan fingerprint density at radius 3 is 2.52 bits per heavy atom. The molecule has 8 nitrogen and oxygen atoms in total. The predicted octanol–water partition coefficient (Wildman–Crippen LogP) is 3.55. The van der Waals surface area contributed by atoms with Gasteiger partial charge in [0.1, 0.15) is 11.8 Å². The molecule has 2 saturated heterocycles. The van der Waals surface area contributed by atoms with Crippen LogP contribution in [0.2, 0.25) is 0 Å². The zero-order valence-electron chi connectivity index (χ0n) is 22.8. The molecule has 0 radical (unpaired) electrons. The van der Waals surface area contributed by atoms with Crippen molar-refractivity contribution in [2.24, 2.45) is 0 Å². The molecule has 2 aliphatic heterocycles. The summed E-state index contributed by atoms with van der Waals surface area (Å²) < 4.78 is 5.28. The number of amides is 3. The van der Waals surface area contributed by atoms with E-state index >= 15 is 0 Å². The van der Waals surface area contributed by atoms with Crippen LogP contribution in [0.3, 0.4) is 0 Å². The number of likely N-dealkylation sites (tertiary alicyclic amines) is 1. The molecule has 0 saturated carbocycles. The number of nitrogens with one attached hydrogen (secondary N) is 1. The van der Waals surface area contributed by atoms with Gasteiger partial charge in [-0.3, -0.25) is 14.4 Å². The van der Waals surface area contributed by atoms with Crippen molar-refractivity contribution in [3.8, 4) is 5.75 Å². The Hall–Kier alpha value is -3.69. The van der Waals surface area contributed by atoms with E-state index in [4.69, 9.17) is 4.74 Å². The van der Waals surface area contributed by atoms with Gasteiger partial charge in [0.05, 0.1) is 18.0 Å². The molecule has 3 aromatic rings. The molecule has 0 aliphatic carbocycles. The van der Waals surface area contributed by atoms with Crippen molar-refractivity contribution in [1.29, 1.82) is 0 Å². The van der Waals surface area contributed by atoms with Crippen LogP contribution in [-0.2, 0) is 11.2 Å². The van der Waals surface area contributed by atoms with Gasteiger partial charge in [-0.25, -0.2) is 0 Å². The second-order valence-corrected chi connectivity index (χ2v) is 11.2. The van der Waals surface area contributed by atoms with E-state index in [1.807, 2.05) is 39.4 Å². The summed E-state index contributed by atoms with van der Waals surface area (Å²) in [7, 11) is 1.60. The molecular weight excluding hydrogens is 524 g/mol. The molecule has 5 rings (SSSR count). The van der Waals surface area contributed by atoms with E-state index < -0.39 is 6.04 Å². The topological polar surface area (TPSA) is 82.2 Å². The number of hydrogen-bond acceptors (Lipinski definition) is 6. The fourth-order valence-corrected chi connectivity index (χ4v) is 6.24. The molecule has 3 amide bonds. The zero-order valence-corrected chi connectivity index (χ0v) is 23.6. The van der Waals surface area contributed by atoms with Gasteiger partial charge in [0, 0.05) is 38.3 Å². The van der Waals surface area contributed by atoms with Crippen molar-refractivity contribution < 1.29 is 19.1 Å². The van der Waals surface area contributed by atoms with Gasteiger partial charge >= 0.3 is 0 Å². The maximum Gasteiger partial charge on any atom is 0.264 e. The number of nitrogens with zero attached hydrogens (tertiary/aromatic N) is 3.